The fourth-order valence-electron chi connectivity index (χ4n) is 4.35. The molecule has 2 heterocycles. The van der Waals surface area contributed by atoms with Crippen molar-refractivity contribution in [1.29, 1.82) is 0 Å². The average Bonchev–Trinajstić information content (AvgIpc) is 3.11. The monoisotopic (exact) mass is 399 g/mol. The number of carbonyl (C=O) groups is 1. The predicted octanol–water partition coefficient (Wildman–Crippen LogP) is 2.94. The van der Waals surface area contributed by atoms with Crippen LogP contribution in [0.4, 0.5) is 4.79 Å². The van der Waals surface area contributed by atoms with Gasteiger partial charge in [-0.15, -0.1) is 0 Å². The highest BCUT2D eigenvalue weighted by molar-refractivity contribution is 5.75. The zero-order valence-corrected chi connectivity index (χ0v) is 18.1. The first kappa shape index (κ1) is 21.2. The smallest absolute Gasteiger partial charge is 0.315 e. The third-order valence-electron chi connectivity index (χ3n) is 6.06. The molecule has 0 saturated carbocycles. The lowest BCUT2D eigenvalue weighted by Gasteiger charge is -2.45. The van der Waals surface area contributed by atoms with Gasteiger partial charge in [0.25, 0.3) is 0 Å². The first-order valence-electron chi connectivity index (χ1n) is 10.2. The predicted molar refractivity (Wildman–Crippen MR) is 114 cm³/mol. The molecule has 2 aromatic rings. The van der Waals surface area contributed by atoms with Crippen LogP contribution in [0.1, 0.15) is 44.1 Å². The van der Waals surface area contributed by atoms with Gasteiger partial charge in [0.05, 0.1) is 7.11 Å². The summed E-state index contributed by atoms with van der Waals surface area (Å²) in [6, 6.07) is 7.38. The normalized spacial score (nSPS) is 20.1. The Morgan fingerprint density at radius 3 is 2.76 bits per heavy atom. The van der Waals surface area contributed by atoms with Gasteiger partial charge in [-0.05, 0) is 37.9 Å². The Labute approximate surface area is 173 Å². The number of imidazole rings is 1. The quantitative estimate of drug-likeness (QED) is 0.783. The van der Waals surface area contributed by atoms with Crippen molar-refractivity contribution >= 4 is 6.03 Å². The molecule has 0 bridgehead atoms. The van der Waals surface area contributed by atoms with Gasteiger partial charge in [-0.1, -0.05) is 32.0 Å². The van der Waals surface area contributed by atoms with Gasteiger partial charge in [0.15, 0.2) is 0 Å². The number of nitrogens with zero attached hydrogens (tertiary/aromatic N) is 3. The van der Waals surface area contributed by atoms with Gasteiger partial charge in [-0.2, -0.15) is 0 Å². The summed E-state index contributed by atoms with van der Waals surface area (Å²) in [5.41, 5.74) is 1.04. The van der Waals surface area contributed by atoms with Crippen LogP contribution in [0.25, 0.3) is 0 Å². The molecule has 2 amide bonds. The maximum atomic E-state index is 12.9. The summed E-state index contributed by atoms with van der Waals surface area (Å²) < 4.78 is 7.44. The second-order valence-corrected chi connectivity index (χ2v) is 8.51. The van der Waals surface area contributed by atoms with Crippen LogP contribution in [0.3, 0.4) is 0 Å². The molecule has 2 unspecified atom stereocenters. The van der Waals surface area contributed by atoms with Gasteiger partial charge in [0, 0.05) is 37.6 Å². The standard InChI is InChI=1S/C22H33N5O2/c1-22(2)11-8-13-26(3)18(22)15-24-21(28)25-19(20-23-12-14-27(20)4)16-9-6-7-10-17(16)29-5/h6-7,9-10,12,14,18-19H,8,11,13,15H2,1-5H3,(H2,24,25,28). The Balaban J connectivity index is 1.76. The highest BCUT2D eigenvalue weighted by Gasteiger charge is 2.36. The number of hydrogen-bond acceptors (Lipinski definition) is 4. The second-order valence-electron chi connectivity index (χ2n) is 8.51. The van der Waals surface area contributed by atoms with E-state index in [0.717, 1.165) is 17.9 Å². The lowest BCUT2D eigenvalue weighted by atomic mass is 9.76. The van der Waals surface area contributed by atoms with Crippen LogP contribution in [0.15, 0.2) is 36.7 Å². The van der Waals surface area contributed by atoms with Gasteiger partial charge < -0.3 is 24.8 Å². The van der Waals surface area contributed by atoms with E-state index in [1.54, 1.807) is 13.3 Å². The molecule has 1 aromatic heterocycles. The van der Waals surface area contributed by atoms with E-state index in [4.69, 9.17) is 4.74 Å². The number of nitrogens with one attached hydrogen (secondary N) is 2. The number of hydrogen-bond donors (Lipinski definition) is 2. The van der Waals surface area contributed by atoms with Crippen LogP contribution in [0.2, 0.25) is 0 Å². The van der Waals surface area contributed by atoms with Gasteiger partial charge >= 0.3 is 6.03 Å². The highest BCUT2D eigenvalue weighted by atomic mass is 16.5. The Hall–Kier alpha value is -2.54. The van der Waals surface area contributed by atoms with E-state index in [1.165, 1.54) is 12.8 Å². The number of aryl methyl sites for hydroxylation is 1. The van der Waals surface area contributed by atoms with Crippen molar-refractivity contribution in [1.82, 2.24) is 25.1 Å². The third-order valence-corrected chi connectivity index (χ3v) is 6.06. The fraction of sp³-hybridized carbons (Fsp3) is 0.545. The number of likely N-dealkylation sites (tertiary alicyclic amines) is 1. The summed E-state index contributed by atoms with van der Waals surface area (Å²) in [4.78, 5) is 19.7. The minimum Gasteiger partial charge on any atom is -0.496 e. The minimum atomic E-state index is -0.414. The number of ether oxygens (including phenoxy) is 1. The zero-order valence-electron chi connectivity index (χ0n) is 18.1. The first-order valence-corrected chi connectivity index (χ1v) is 10.2. The molecule has 1 fully saturated rings. The number of urea groups is 1. The average molecular weight is 400 g/mol. The summed E-state index contributed by atoms with van der Waals surface area (Å²) in [7, 11) is 5.69. The lowest BCUT2D eigenvalue weighted by Crippen LogP contribution is -2.54. The summed E-state index contributed by atoms with van der Waals surface area (Å²) in [5, 5.41) is 6.19. The van der Waals surface area contributed by atoms with Gasteiger partial charge in [0.2, 0.25) is 0 Å². The molecule has 1 aromatic carbocycles. The van der Waals surface area contributed by atoms with E-state index < -0.39 is 6.04 Å². The van der Waals surface area contributed by atoms with Crippen LogP contribution >= 0.6 is 0 Å². The molecule has 2 N–H and O–H groups in total. The van der Waals surface area contributed by atoms with E-state index in [9.17, 15) is 4.79 Å². The number of benzene rings is 1. The Morgan fingerprint density at radius 2 is 2.10 bits per heavy atom. The molecule has 3 rings (SSSR count). The number of piperidine rings is 1. The van der Waals surface area contributed by atoms with Crippen molar-refractivity contribution in [3.8, 4) is 5.75 Å². The molecule has 0 spiro atoms. The summed E-state index contributed by atoms with van der Waals surface area (Å²) in [6.45, 7) is 6.22. The van der Waals surface area contributed by atoms with Crippen molar-refractivity contribution in [2.24, 2.45) is 12.5 Å². The summed E-state index contributed by atoms with van der Waals surface area (Å²) in [6.07, 6.45) is 5.97. The molecule has 7 heteroatoms. The number of methoxy groups -OCH3 is 1. The van der Waals surface area contributed by atoms with E-state index in [0.29, 0.717) is 18.3 Å². The van der Waals surface area contributed by atoms with E-state index in [-0.39, 0.29) is 11.4 Å². The number of amides is 2. The van der Waals surface area contributed by atoms with Gasteiger partial charge in [0.1, 0.15) is 17.6 Å². The first-order chi connectivity index (χ1) is 13.8. The van der Waals surface area contributed by atoms with Crippen LogP contribution in [0.5, 0.6) is 5.75 Å². The van der Waals surface area contributed by atoms with Gasteiger partial charge in [-0.3, -0.25) is 0 Å². The van der Waals surface area contributed by atoms with Crippen LogP contribution in [0, 0.1) is 5.41 Å². The Bertz CT molecular complexity index is 832. The molecule has 0 aliphatic carbocycles. The summed E-state index contributed by atoms with van der Waals surface area (Å²) in [5.74, 6) is 1.47. The topological polar surface area (TPSA) is 71.4 Å². The Kier molecular flexibility index (Phi) is 6.47. The molecule has 1 aliphatic rings. The lowest BCUT2D eigenvalue weighted by molar-refractivity contribution is 0.0598. The number of carbonyl (C=O) groups excluding carboxylic acids is 1. The minimum absolute atomic E-state index is 0.169. The Morgan fingerprint density at radius 1 is 1.34 bits per heavy atom. The van der Waals surface area contributed by atoms with Gasteiger partial charge in [-0.25, -0.2) is 9.78 Å². The molecule has 1 aliphatic heterocycles. The van der Waals surface area contributed by atoms with Crippen molar-refractivity contribution in [3.05, 3.63) is 48.0 Å². The number of aromatic nitrogens is 2. The van der Waals surface area contributed by atoms with Crippen LogP contribution in [-0.4, -0.2) is 53.8 Å². The molecular weight excluding hydrogens is 366 g/mol. The molecule has 29 heavy (non-hydrogen) atoms. The summed E-state index contributed by atoms with van der Waals surface area (Å²) >= 11 is 0. The van der Waals surface area contributed by atoms with Crippen molar-refractivity contribution in [2.45, 2.75) is 38.8 Å². The molecule has 158 valence electrons. The largest absolute Gasteiger partial charge is 0.496 e. The SMILES string of the molecule is COc1ccccc1C(NC(=O)NCC1N(C)CCCC1(C)C)c1nccn1C. The van der Waals surface area contributed by atoms with Crippen molar-refractivity contribution in [3.63, 3.8) is 0 Å². The number of para-hydroxylation sites is 1. The molecule has 0 radical (unpaired) electrons. The third kappa shape index (κ3) is 4.72. The van der Waals surface area contributed by atoms with E-state index in [2.05, 4.69) is 41.4 Å². The molecular formula is C22H33N5O2. The number of likely N-dealkylation sites (N-methyl/N-ethyl adjacent to an activating group) is 1. The van der Waals surface area contributed by atoms with E-state index >= 15 is 0 Å². The highest BCUT2D eigenvalue weighted by Crippen LogP contribution is 2.34. The number of rotatable bonds is 6. The fourth-order valence-corrected chi connectivity index (χ4v) is 4.35. The molecule has 2 atom stereocenters. The molecule has 1 saturated heterocycles. The van der Waals surface area contributed by atoms with Crippen LogP contribution < -0.4 is 15.4 Å². The van der Waals surface area contributed by atoms with Crippen molar-refractivity contribution < 1.29 is 9.53 Å². The second kappa shape index (κ2) is 8.86. The molecule has 7 nitrogen and oxygen atoms in total. The van der Waals surface area contributed by atoms with E-state index in [1.807, 2.05) is 42.1 Å². The van der Waals surface area contributed by atoms with Crippen molar-refractivity contribution in [2.75, 3.05) is 27.2 Å². The maximum absolute atomic E-state index is 12.9. The zero-order chi connectivity index (χ0) is 21.0. The van der Waals surface area contributed by atoms with Crippen LogP contribution in [-0.2, 0) is 7.05 Å². The maximum Gasteiger partial charge on any atom is 0.315 e.